The van der Waals surface area contributed by atoms with Crippen molar-refractivity contribution in [2.45, 2.75) is 44.9 Å². The van der Waals surface area contributed by atoms with Crippen LogP contribution in [0.3, 0.4) is 0 Å². The maximum absolute atomic E-state index is 13.8. The third kappa shape index (κ3) is 5.54. The number of likely N-dealkylation sites (tertiary alicyclic amines) is 1. The molecule has 0 saturated carbocycles. The number of benzene rings is 3. The van der Waals surface area contributed by atoms with E-state index in [0.29, 0.717) is 24.5 Å². The minimum Gasteiger partial charge on any atom is -0.444 e. The molecule has 9 nitrogen and oxygen atoms in total. The summed E-state index contributed by atoms with van der Waals surface area (Å²) in [7, 11) is 1.84. The van der Waals surface area contributed by atoms with Gasteiger partial charge in [-0.05, 0) is 22.1 Å². The lowest BCUT2D eigenvalue weighted by molar-refractivity contribution is 0.0435. The van der Waals surface area contributed by atoms with E-state index in [1.165, 1.54) is 0 Å². The van der Waals surface area contributed by atoms with E-state index in [4.69, 9.17) is 10.5 Å². The van der Waals surface area contributed by atoms with Crippen molar-refractivity contribution in [3.05, 3.63) is 114 Å². The normalized spacial score (nSPS) is 17.1. The monoisotopic (exact) mass is 566 g/mol. The van der Waals surface area contributed by atoms with Gasteiger partial charge in [0.25, 0.3) is 0 Å². The molecule has 0 bridgehead atoms. The Bertz CT molecular complexity index is 1420. The lowest BCUT2D eigenvalue weighted by Crippen LogP contribution is -2.50. The van der Waals surface area contributed by atoms with Crippen LogP contribution in [-0.4, -0.2) is 45.5 Å². The van der Waals surface area contributed by atoms with Crippen LogP contribution in [0.25, 0.3) is 0 Å². The van der Waals surface area contributed by atoms with Crippen LogP contribution in [0.15, 0.2) is 97.2 Å². The molecule has 2 heterocycles. The second kappa shape index (κ2) is 11.6. The fraction of sp³-hybridized carbons (Fsp3) is 0.303. The molecule has 4 N–H and O–H groups in total. The van der Waals surface area contributed by atoms with Crippen molar-refractivity contribution in [2.75, 3.05) is 17.2 Å². The van der Waals surface area contributed by atoms with Crippen molar-refractivity contribution in [1.82, 2.24) is 14.7 Å². The van der Waals surface area contributed by atoms with Gasteiger partial charge >= 0.3 is 12.1 Å². The van der Waals surface area contributed by atoms with E-state index >= 15 is 0 Å². The first kappa shape index (κ1) is 28.7. The van der Waals surface area contributed by atoms with Gasteiger partial charge in [0.1, 0.15) is 23.1 Å². The quantitative estimate of drug-likeness (QED) is 0.240. The van der Waals surface area contributed by atoms with Crippen molar-refractivity contribution in [3.63, 3.8) is 0 Å². The molecule has 1 aliphatic rings. The highest BCUT2D eigenvalue weighted by molar-refractivity contribution is 5.93. The number of anilines is 2. The van der Waals surface area contributed by atoms with Gasteiger partial charge in [0.15, 0.2) is 0 Å². The summed E-state index contributed by atoms with van der Waals surface area (Å²) in [6, 6.07) is 30.0. The van der Waals surface area contributed by atoms with Crippen molar-refractivity contribution >= 4 is 23.6 Å². The van der Waals surface area contributed by atoms with E-state index in [2.05, 4.69) is 52.1 Å². The van der Waals surface area contributed by atoms with Crippen LogP contribution < -0.4 is 16.4 Å². The van der Waals surface area contributed by atoms with E-state index < -0.39 is 17.7 Å². The van der Waals surface area contributed by atoms with Crippen molar-refractivity contribution in [3.8, 4) is 0 Å². The van der Waals surface area contributed by atoms with Crippen LogP contribution in [0.1, 0.15) is 43.9 Å². The zero-order chi connectivity index (χ0) is 29.9. The maximum Gasteiger partial charge on any atom is 0.404 e. The predicted octanol–water partition coefficient (Wildman–Crippen LogP) is 5.94. The van der Waals surface area contributed by atoms with Crippen LogP contribution in [0.2, 0.25) is 0 Å². The SMILES string of the molecule is Cn1ncc(NC(=O)N2CC[C@H](OC(N)=O)C2C(C)(C)C)c1NC(c1ccccc1)(c1ccccc1)c1ccccc1. The second-order valence-corrected chi connectivity index (χ2v) is 11.7. The number of aryl methyl sites for hydroxylation is 1. The first-order chi connectivity index (χ1) is 20.1. The Balaban J connectivity index is 1.55. The van der Waals surface area contributed by atoms with Gasteiger partial charge in [0.2, 0.25) is 0 Å². The number of carbonyl (C=O) groups excluding carboxylic acids is 2. The summed E-state index contributed by atoms with van der Waals surface area (Å²) >= 11 is 0. The highest BCUT2D eigenvalue weighted by Crippen LogP contribution is 2.42. The number of primary amides is 1. The largest absolute Gasteiger partial charge is 0.444 e. The third-order valence-corrected chi connectivity index (χ3v) is 7.86. The summed E-state index contributed by atoms with van der Waals surface area (Å²) < 4.78 is 7.14. The number of nitrogens with two attached hydrogens (primary N) is 1. The molecule has 1 aromatic heterocycles. The van der Waals surface area contributed by atoms with E-state index in [0.717, 1.165) is 16.7 Å². The highest BCUT2D eigenvalue weighted by Gasteiger charge is 2.46. The van der Waals surface area contributed by atoms with E-state index in [-0.39, 0.29) is 17.5 Å². The Morgan fingerprint density at radius 3 is 1.83 bits per heavy atom. The molecule has 218 valence electrons. The molecular weight excluding hydrogens is 528 g/mol. The summed E-state index contributed by atoms with van der Waals surface area (Å²) in [5.74, 6) is 0.636. The Morgan fingerprint density at radius 2 is 1.38 bits per heavy atom. The summed E-state index contributed by atoms with van der Waals surface area (Å²) in [6.07, 6.45) is 0.831. The fourth-order valence-electron chi connectivity index (χ4n) is 6.11. The molecule has 42 heavy (non-hydrogen) atoms. The van der Waals surface area contributed by atoms with Crippen LogP contribution in [0, 0.1) is 5.41 Å². The summed E-state index contributed by atoms with van der Waals surface area (Å²) in [6.45, 7) is 6.49. The Labute approximate surface area is 246 Å². The summed E-state index contributed by atoms with van der Waals surface area (Å²) in [5, 5.41) is 11.4. The average molecular weight is 567 g/mol. The maximum atomic E-state index is 13.8. The Kier molecular flexibility index (Phi) is 7.93. The Hall–Kier alpha value is -4.79. The minimum atomic E-state index is -0.839. The topological polar surface area (TPSA) is 115 Å². The lowest BCUT2D eigenvalue weighted by Gasteiger charge is -2.38. The van der Waals surface area contributed by atoms with E-state index in [9.17, 15) is 9.59 Å². The fourth-order valence-corrected chi connectivity index (χ4v) is 6.11. The van der Waals surface area contributed by atoms with Gasteiger partial charge in [-0.3, -0.25) is 4.68 Å². The zero-order valence-electron chi connectivity index (χ0n) is 24.5. The number of ether oxygens (including phenoxy) is 1. The van der Waals surface area contributed by atoms with Crippen molar-refractivity contribution < 1.29 is 14.3 Å². The van der Waals surface area contributed by atoms with Gasteiger partial charge < -0.3 is 26.0 Å². The van der Waals surface area contributed by atoms with Crippen LogP contribution in [-0.2, 0) is 17.3 Å². The van der Waals surface area contributed by atoms with Gasteiger partial charge in [0.05, 0.1) is 12.2 Å². The Morgan fingerprint density at radius 1 is 0.881 bits per heavy atom. The molecule has 5 rings (SSSR count). The number of nitrogens with zero attached hydrogens (tertiary/aromatic N) is 3. The predicted molar refractivity (Wildman–Crippen MR) is 164 cm³/mol. The molecule has 4 aromatic rings. The molecular formula is C33H38N6O3. The molecule has 3 amide bonds. The molecule has 0 aliphatic carbocycles. The summed E-state index contributed by atoms with van der Waals surface area (Å²) in [5.41, 5.74) is 7.80. The van der Waals surface area contributed by atoms with Crippen molar-refractivity contribution in [1.29, 1.82) is 0 Å². The smallest absolute Gasteiger partial charge is 0.404 e. The molecule has 0 spiro atoms. The van der Waals surface area contributed by atoms with Gasteiger partial charge in [-0.25, -0.2) is 9.59 Å². The van der Waals surface area contributed by atoms with E-state index in [1.54, 1.807) is 15.8 Å². The molecule has 1 unspecified atom stereocenters. The standard InChI is InChI=1S/C33H38N6O3/c1-32(2,3)28-27(42-30(34)40)20-21-39(28)31(41)36-26-22-35-38(4)29(26)37-33(23-14-8-5-9-15-23,24-16-10-6-11-17-24)25-18-12-7-13-19-25/h5-19,22,27-28,37H,20-21H2,1-4H3,(H2,34,40)(H,36,41)/t27-,28?/m0/s1. The average Bonchev–Trinajstić information content (AvgIpc) is 3.56. The van der Waals surface area contributed by atoms with Gasteiger partial charge in [-0.15, -0.1) is 0 Å². The van der Waals surface area contributed by atoms with Crippen LogP contribution in [0.5, 0.6) is 0 Å². The highest BCUT2D eigenvalue weighted by atomic mass is 16.6. The minimum absolute atomic E-state index is 0.300. The number of aromatic nitrogens is 2. The number of nitrogens with one attached hydrogen (secondary N) is 2. The third-order valence-electron chi connectivity index (χ3n) is 7.86. The molecule has 1 aliphatic heterocycles. The molecule has 9 heteroatoms. The zero-order valence-corrected chi connectivity index (χ0v) is 24.5. The van der Waals surface area contributed by atoms with Gasteiger partial charge in [0, 0.05) is 20.0 Å². The second-order valence-electron chi connectivity index (χ2n) is 11.7. The first-order valence-electron chi connectivity index (χ1n) is 14.1. The number of hydrogen-bond acceptors (Lipinski definition) is 5. The molecule has 1 fully saturated rings. The number of urea groups is 1. The first-order valence-corrected chi connectivity index (χ1v) is 14.1. The molecule has 2 atom stereocenters. The lowest BCUT2D eigenvalue weighted by atomic mass is 9.77. The summed E-state index contributed by atoms with van der Waals surface area (Å²) in [4.78, 5) is 27.1. The number of carbonyl (C=O) groups is 2. The number of amides is 3. The molecule has 1 saturated heterocycles. The van der Waals surface area contributed by atoms with E-state index in [1.807, 2.05) is 82.4 Å². The van der Waals surface area contributed by atoms with Gasteiger partial charge in [-0.2, -0.15) is 5.10 Å². The van der Waals surface area contributed by atoms with Gasteiger partial charge in [-0.1, -0.05) is 112 Å². The number of rotatable bonds is 7. The van der Waals surface area contributed by atoms with Crippen molar-refractivity contribution in [2.24, 2.45) is 18.2 Å². The van der Waals surface area contributed by atoms with Crippen LogP contribution >= 0.6 is 0 Å². The molecule has 0 radical (unpaired) electrons. The number of hydrogen-bond donors (Lipinski definition) is 3. The molecule has 3 aromatic carbocycles. The van der Waals surface area contributed by atoms with Crippen LogP contribution in [0.4, 0.5) is 21.1 Å².